The van der Waals surface area contributed by atoms with Crippen LogP contribution in [0.15, 0.2) is 11.2 Å². The molecule has 0 bridgehead atoms. The molecular formula is C12H20N4O2S. The van der Waals surface area contributed by atoms with Gasteiger partial charge >= 0.3 is 0 Å². The second-order valence-corrected chi connectivity index (χ2v) is 5.02. The van der Waals surface area contributed by atoms with Crippen molar-refractivity contribution in [3.63, 3.8) is 0 Å². The predicted molar refractivity (Wildman–Crippen MR) is 77.0 cm³/mol. The maximum Gasteiger partial charge on any atom is 0.191 e. The number of thioether (sulfide) groups is 1. The maximum atomic E-state index is 9.19. The minimum Gasteiger partial charge on any atom is -0.394 e. The summed E-state index contributed by atoms with van der Waals surface area (Å²) in [6.07, 6.45) is 1.83. The van der Waals surface area contributed by atoms with Gasteiger partial charge in [-0.05, 0) is 13.2 Å². The molecule has 2 N–H and O–H groups in total. The number of rotatable bonds is 5. The molecule has 1 saturated heterocycles. The quantitative estimate of drug-likeness (QED) is 0.613. The molecule has 1 atom stereocenters. The van der Waals surface area contributed by atoms with Gasteiger partial charge in [0.15, 0.2) is 5.16 Å². The summed E-state index contributed by atoms with van der Waals surface area (Å²) in [5, 5.41) is 13.2. The van der Waals surface area contributed by atoms with Gasteiger partial charge in [0.1, 0.15) is 11.6 Å². The highest BCUT2D eigenvalue weighted by molar-refractivity contribution is 7.98. The molecule has 0 amide bonds. The van der Waals surface area contributed by atoms with Gasteiger partial charge in [-0.15, -0.1) is 0 Å². The first kappa shape index (κ1) is 14.4. The molecule has 0 aromatic carbocycles. The number of anilines is 2. The number of nitrogens with zero attached hydrogens (tertiary/aromatic N) is 3. The van der Waals surface area contributed by atoms with Gasteiger partial charge in [0.25, 0.3) is 0 Å². The Morgan fingerprint density at radius 3 is 3.11 bits per heavy atom. The van der Waals surface area contributed by atoms with Crippen molar-refractivity contribution in [2.45, 2.75) is 18.2 Å². The third-order valence-electron chi connectivity index (χ3n) is 2.90. The van der Waals surface area contributed by atoms with Crippen molar-refractivity contribution in [1.82, 2.24) is 9.97 Å². The minimum atomic E-state index is -0.135. The zero-order chi connectivity index (χ0) is 13.7. The first-order valence-electron chi connectivity index (χ1n) is 6.41. The van der Waals surface area contributed by atoms with Gasteiger partial charge in [-0.25, -0.2) is 9.97 Å². The van der Waals surface area contributed by atoms with Crippen LogP contribution in [-0.4, -0.2) is 60.3 Å². The summed E-state index contributed by atoms with van der Waals surface area (Å²) in [6.45, 7) is 4.96. The van der Waals surface area contributed by atoms with Crippen LogP contribution in [0.4, 0.5) is 11.6 Å². The summed E-state index contributed by atoms with van der Waals surface area (Å²) in [5.41, 5.74) is 0. The van der Waals surface area contributed by atoms with E-state index in [1.54, 1.807) is 0 Å². The Balaban J connectivity index is 2.19. The van der Waals surface area contributed by atoms with Gasteiger partial charge in [0, 0.05) is 25.7 Å². The van der Waals surface area contributed by atoms with E-state index in [1.165, 1.54) is 11.8 Å². The molecule has 1 unspecified atom stereocenters. The molecule has 0 spiro atoms. The SMILES string of the molecule is CCNc1cc(N2CCOC(CO)C2)nc(SC)n1. The lowest BCUT2D eigenvalue weighted by Gasteiger charge is -2.33. The average molecular weight is 284 g/mol. The lowest BCUT2D eigenvalue weighted by atomic mass is 10.3. The van der Waals surface area contributed by atoms with Crippen LogP contribution < -0.4 is 10.2 Å². The van der Waals surface area contributed by atoms with E-state index in [4.69, 9.17) is 4.74 Å². The van der Waals surface area contributed by atoms with Crippen molar-refractivity contribution < 1.29 is 9.84 Å². The summed E-state index contributed by atoms with van der Waals surface area (Å²) < 4.78 is 5.46. The molecule has 106 valence electrons. The Morgan fingerprint density at radius 1 is 1.58 bits per heavy atom. The number of aliphatic hydroxyl groups is 1. The standard InChI is InChI=1S/C12H20N4O2S/c1-3-13-10-6-11(15-12(14-10)19-2)16-4-5-18-9(7-16)8-17/h6,9,17H,3-5,7-8H2,1-2H3,(H,13,14,15). The number of aromatic nitrogens is 2. The van der Waals surface area contributed by atoms with Gasteiger partial charge in [0.2, 0.25) is 0 Å². The molecule has 7 heteroatoms. The van der Waals surface area contributed by atoms with Gasteiger partial charge in [-0.3, -0.25) is 0 Å². The number of hydrogen-bond donors (Lipinski definition) is 2. The number of nitrogens with one attached hydrogen (secondary N) is 1. The first-order valence-corrected chi connectivity index (χ1v) is 7.63. The van der Waals surface area contributed by atoms with Gasteiger partial charge in [-0.1, -0.05) is 11.8 Å². The van der Waals surface area contributed by atoms with Crippen molar-refractivity contribution in [2.75, 3.05) is 49.3 Å². The van der Waals surface area contributed by atoms with Crippen LogP contribution in [0.3, 0.4) is 0 Å². The molecule has 0 aliphatic carbocycles. The van der Waals surface area contributed by atoms with E-state index in [0.717, 1.165) is 29.9 Å². The van der Waals surface area contributed by atoms with Crippen LogP contribution >= 0.6 is 11.8 Å². The van der Waals surface area contributed by atoms with Crippen LogP contribution in [0.25, 0.3) is 0 Å². The van der Waals surface area contributed by atoms with Gasteiger partial charge < -0.3 is 20.1 Å². The molecule has 1 aliphatic rings. The summed E-state index contributed by atoms with van der Waals surface area (Å²) in [5.74, 6) is 1.72. The van der Waals surface area contributed by atoms with E-state index < -0.39 is 0 Å². The fourth-order valence-electron chi connectivity index (χ4n) is 1.98. The second-order valence-electron chi connectivity index (χ2n) is 4.25. The summed E-state index contributed by atoms with van der Waals surface area (Å²) >= 11 is 1.52. The first-order chi connectivity index (χ1) is 9.26. The highest BCUT2D eigenvalue weighted by Crippen LogP contribution is 2.22. The minimum absolute atomic E-state index is 0.0387. The van der Waals surface area contributed by atoms with Crippen molar-refractivity contribution in [2.24, 2.45) is 0 Å². The highest BCUT2D eigenvalue weighted by atomic mass is 32.2. The molecular weight excluding hydrogens is 264 g/mol. The zero-order valence-electron chi connectivity index (χ0n) is 11.3. The van der Waals surface area contributed by atoms with Gasteiger partial charge in [0.05, 0.1) is 19.3 Å². The van der Waals surface area contributed by atoms with E-state index in [0.29, 0.717) is 13.2 Å². The molecule has 6 nitrogen and oxygen atoms in total. The highest BCUT2D eigenvalue weighted by Gasteiger charge is 2.21. The summed E-state index contributed by atoms with van der Waals surface area (Å²) in [7, 11) is 0. The lowest BCUT2D eigenvalue weighted by Crippen LogP contribution is -2.44. The third-order valence-corrected chi connectivity index (χ3v) is 3.45. The van der Waals surface area contributed by atoms with Crippen LogP contribution in [0.2, 0.25) is 0 Å². The van der Waals surface area contributed by atoms with E-state index in [-0.39, 0.29) is 12.7 Å². The molecule has 2 heterocycles. The Bertz CT molecular complexity index is 419. The number of morpholine rings is 1. The molecule has 1 aliphatic heterocycles. The van der Waals surface area contributed by atoms with Crippen molar-refractivity contribution in [3.05, 3.63) is 6.07 Å². The van der Waals surface area contributed by atoms with E-state index in [1.807, 2.05) is 19.2 Å². The van der Waals surface area contributed by atoms with Crippen molar-refractivity contribution >= 4 is 23.4 Å². The van der Waals surface area contributed by atoms with Crippen LogP contribution in [0.1, 0.15) is 6.92 Å². The average Bonchev–Trinajstić information content (AvgIpc) is 2.47. The molecule has 19 heavy (non-hydrogen) atoms. The summed E-state index contributed by atoms with van der Waals surface area (Å²) in [4.78, 5) is 11.1. The lowest BCUT2D eigenvalue weighted by molar-refractivity contribution is 0.00333. The normalized spacial score (nSPS) is 19.5. The van der Waals surface area contributed by atoms with Crippen LogP contribution in [-0.2, 0) is 4.74 Å². The second kappa shape index (κ2) is 6.93. The van der Waals surface area contributed by atoms with Crippen LogP contribution in [0.5, 0.6) is 0 Å². The predicted octanol–water partition coefficient (Wildman–Crippen LogP) is 0.828. The number of aliphatic hydroxyl groups excluding tert-OH is 1. The Morgan fingerprint density at radius 2 is 2.42 bits per heavy atom. The fourth-order valence-corrected chi connectivity index (χ4v) is 2.35. The zero-order valence-corrected chi connectivity index (χ0v) is 12.1. The van der Waals surface area contributed by atoms with Crippen LogP contribution in [0, 0.1) is 0 Å². The molecule has 0 saturated carbocycles. The monoisotopic (exact) mass is 284 g/mol. The molecule has 1 fully saturated rings. The summed E-state index contributed by atoms with van der Waals surface area (Å²) in [6, 6.07) is 1.95. The smallest absolute Gasteiger partial charge is 0.191 e. The Kier molecular flexibility index (Phi) is 5.24. The Hall–Kier alpha value is -1.05. The number of hydrogen-bond acceptors (Lipinski definition) is 7. The topological polar surface area (TPSA) is 70.5 Å². The van der Waals surface area contributed by atoms with E-state index >= 15 is 0 Å². The van der Waals surface area contributed by atoms with Gasteiger partial charge in [-0.2, -0.15) is 0 Å². The van der Waals surface area contributed by atoms with E-state index in [9.17, 15) is 5.11 Å². The maximum absolute atomic E-state index is 9.19. The third kappa shape index (κ3) is 3.71. The fraction of sp³-hybridized carbons (Fsp3) is 0.667. The molecule has 0 radical (unpaired) electrons. The Labute approximate surface area is 117 Å². The number of ether oxygens (including phenoxy) is 1. The molecule has 1 aromatic heterocycles. The van der Waals surface area contributed by atoms with Crippen molar-refractivity contribution in [3.8, 4) is 0 Å². The largest absolute Gasteiger partial charge is 0.394 e. The molecule has 2 rings (SSSR count). The van der Waals surface area contributed by atoms with Crippen molar-refractivity contribution in [1.29, 1.82) is 0 Å². The van der Waals surface area contributed by atoms with E-state index in [2.05, 4.69) is 20.2 Å². The molecule has 1 aromatic rings.